The molecule has 0 spiro atoms. The van der Waals surface area contributed by atoms with Gasteiger partial charge in [0.2, 0.25) is 0 Å². The van der Waals surface area contributed by atoms with Crippen molar-refractivity contribution in [1.29, 1.82) is 0 Å². The molecule has 0 bridgehead atoms. The Morgan fingerprint density at radius 3 is 1.50 bits per heavy atom. The van der Waals surface area contributed by atoms with Crippen LogP contribution in [0.15, 0.2) is 0 Å². The number of hydrogen-bond donors (Lipinski definition) is 0. The molecule has 0 N–H and O–H groups in total. The average Bonchev–Trinajstić information content (AvgIpc) is 0.918. The fraction of sp³-hybridized carbons (Fsp3) is 1.00. The van der Waals surface area contributed by atoms with Gasteiger partial charge in [0.25, 0.3) is 0 Å². The highest BCUT2D eigenvalue weighted by atomic mass is 13.0. The maximum atomic E-state index is 6.21. The molecular formula is C4H14. The van der Waals surface area contributed by atoms with Crippen molar-refractivity contribution in [2.45, 2.75) is 28.7 Å². The van der Waals surface area contributed by atoms with Crippen molar-refractivity contribution < 1.29 is 1.37 Å². The summed E-state index contributed by atoms with van der Waals surface area (Å²) in [5, 5.41) is 0. The quantitative estimate of drug-likeness (QED) is 0.405. The van der Waals surface area contributed by atoms with Crippen LogP contribution in [0.25, 0.3) is 0 Å². The van der Waals surface area contributed by atoms with Crippen LogP contribution < -0.4 is 0 Å². The minimum Gasteiger partial charge on any atom is -0.0776 e. The molecule has 0 heterocycles. The minimum absolute atomic E-state index is 0. The first-order valence-electron chi connectivity index (χ1n) is 1.41. The summed E-state index contributed by atoms with van der Waals surface area (Å²) in [7, 11) is 0. The second-order valence-electron chi connectivity index (χ2n) is 0. The second-order valence-corrected chi connectivity index (χ2v) is 0. The Balaban J connectivity index is -0.0000000200. The topological polar surface area (TPSA) is 0 Å². The van der Waals surface area contributed by atoms with Crippen LogP contribution >= 0.6 is 0 Å². The smallest absolute Gasteiger partial charge is 0.0228 e. The van der Waals surface area contributed by atoms with E-state index in [9.17, 15) is 0 Å². The molecule has 0 aromatic rings. The van der Waals surface area contributed by atoms with Crippen molar-refractivity contribution in [3.63, 3.8) is 0 Å². The summed E-state index contributed by atoms with van der Waals surface area (Å²) in [5.41, 5.74) is 0. The predicted molar refractivity (Wildman–Crippen MR) is 24.8 cm³/mol. The van der Waals surface area contributed by atoms with E-state index in [4.69, 9.17) is 1.37 Å². The molecule has 0 heteroatoms. The van der Waals surface area contributed by atoms with Crippen LogP contribution in [-0.2, 0) is 0 Å². The van der Waals surface area contributed by atoms with Crippen molar-refractivity contribution >= 4 is 0 Å². The van der Waals surface area contributed by atoms with Gasteiger partial charge in [0.1, 0.15) is 0 Å². The lowest BCUT2D eigenvalue weighted by atomic mass is 11.0. The lowest BCUT2D eigenvalue weighted by molar-refractivity contribution is 1.50. The molecule has 0 fully saturated rings. The lowest BCUT2D eigenvalue weighted by Gasteiger charge is -1.07. The molecule has 30 valence electrons. The standard InChI is InChI=1S/C2H6.2CH4/c1-2;;/h1-2H3;2*1H4/i1T;;. The second kappa shape index (κ2) is 0. The van der Waals surface area contributed by atoms with Crippen molar-refractivity contribution in [1.82, 2.24) is 0 Å². The van der Waals surface area contributed by atoms with E-state index in [0.717, 1.165) is 0 Å². The molecular weight excluding hydrogens is 48.0 g/mol. The SMILES string of the molecule is C.C.[3H]CC. The summed E-state index contributed by atoms with van der Waals surface area (Å²) in [6, 6.07) is 0. The van der Waals surface area contributed by atoms with Gasteiger partial charge in [-0.05, 0) is 0 Å². The van der Waals surface area contributed by atoms with Crippen LogP contribution in [0.2, 0.25) is 0 Å². The predicted octanol–water partition coefficient (Wildman–Crippen LogP) is 2.30. The van der Waals surface area contributed by atoms with E-state index < -0.39 is 0 Å². The summed E-state index contributed by atoms with van der Waals surface area (Å²) < 4.78 is 6.21. The Morgan fingerprint density at radius 1 is 1.50 bits per heavy atom. The first kappa shape index (κ1) is 9.00. The van der Waals surface area contributed by atoms with E-state index in [1.54, 1.807) is 6.92 Å². The van der Waals surface area contributed by atoms with Gasteiger partial charge in [0.05, 0.1) is 0 Å². The third-order valence-electron chi connectivity index (χ3n) is 0. The lowest BCUT2D eigenvalue weighted by Crippen LogP contribution is -0.856. The molecule has 0 radical (unpaired) electrons. The molecule has 0 saturated heterocycles. The summed E-state index contributed by atoms with van der Waals surface area (Å²) >= 11 is 0. The Morgan fingerprint density at radius 2 is 1.50 bits per heavy atom. The van der Waals surface area contributed by atoms with Gasteiger partial charge in [-0.25, -0.2) is 0 Å². The van der Waals surface area contributed by atoms with Crippen molar-refractivity contribution in [3.05, 3.63) is 0 Å². The molecule has 0 amide bonds. The molecule has 0 aromatic carbocycles. The van der Waals surface area contributed by atoms with Crippen LogP contribution in [0, 0.1) is 0 Å². The summed E-state index contributed by atoms with van der Waals surface area (Å²) in [5.74, 6) is 0. The highest BCUT2D eigenvalue weighted by Crippen LogP contribution is 1.14. The van der Waals surface area contributed by atoms with Gasteiger partial charge in [0.15, 0.2) is 0 Å². The molecule has 4 heavy (non-hydrogen) atoms. The van der Waals surface area contributed by atoms with E-state index in [1.807, 2.05) is 0 Å². The van der Waals surface area contributed by atoms with E-state index in [2.05, 4.69) is 0 Å². The maximum Gasteiger partial charge on any atom is 0.0228 e. The van der Waals surface area contributed by atoms with Gasteiger partial charge in [-0.2, -0.15) is 0 Å². The zero-order chi connectivity index (χ0) is 2.71. The molecule has 0 aliphatic rings. The summed E-state index contributed by atoms with van der Waals surface area (Å²) in [6.45, 7) is 2.29. The zero-order valence-electron chi connectivity index (χ0n) is 2.71. The highest BCUT2D eigenvalue weighted by Gasteiger charge is 0.932. The van der Waals surface area contributed by atoms with Crippen molar-refractivity contribution in [2.24, 2.45) is 0 Å². The maximum absolute atomic E-state index is 6.21. The third kappa shape index (κ3) is 0. The van der Waals surface area contributed by atoms with Crippen molar-refractivity contribution in [2.75, 3.05) is 0 Å². The van der Waals surface area contributed by atoms with Gasteiger partial charge in [-0.15, -0.1) is 0 Å². The highest BCUT2D eigenvalue weighted by molar-refractivity contribution is 3.50. The monoisotopic (exact) mass is 64.1 g/mol. The van der Waals surface area contributed by atoms with Crippen LogP contribution in [0.3, 0.4) is 0 Å². The number of hydrogen-bond acceptors (Lipinski definition) is 0. The Bertz CT molecular complexity index is 3.61. The van der Waals surface area contributed by atoms with E-state index in [1.165, 1.54) is 0 Å². The number of rotatable bonds is 0. The molecule has 0 aliphatic heterocycles. The Kier molecular flexibility index (Phi) is 0. The summed E-state index contributed by atoms with van der Waals surface area (Å²) in [6.07, 6.45) is 0. The molecule has 0 aliphatic carbocycles. The largest absolute Gasteiger partial charge is 0.0776 e. The van der Waals surface area contributed by atoms with Crippen LogP contribution in [0.1, 0.15) is 30.0 Å². The molecule has 0 atom stereocenters. The van der Waals surface area contributed by atoms with Gasteiger partial charge < -0.3 is 0 Å². The van der Waals surface area contributed by atoms with E-state index in [-0.39, 0.29) is 14.9 Å². The Hall–Kier alpha value is 0. The molecule has 0 rings (SSSR count). The molecule has 0 saturated carbocycles. The van der Waals surface area contributed by atoms with Gasteiger partial charge in [0, 0.05) is 1.37 Å². The van der Waals surface area contributed by atoms with Gasteiger partial charge in [-0.3, -0.25) is 0 Å². The van der Waals surface area contributed by atoms with Crippen LogP contribution in [-0.4, -0.2) is 0 Å². The zero-order valence-corrected chi connectivity index (χ0v) is 1.71. The van der Waals surface area contributed by atoms with Crippen LogP contribution in [0.4, 0.5) is 0 Å². The molecule has 0 nitrogen and oxygen atoms in total. The summed E-state index contributed by atoms with van der Waals surface area (Å²) in [4.78, 5) is 0. The average molecular weight is 64.2 g/mol. The third-order valence-corrected chi connectivity index (χ3v) is 0. The van der Waals surface area contributed by atoms with Crippen LogP contribution in [0.5, 0.6) is 0 Å². The van der Waals surface area contributed by atoms with Gasteiger partial charge in [-0.1, -0.05) is 28.7 Å². The van der Waals surface area contributed by atoms with E-state index >= 15 is 0 Å². The first-order chi connectivity index (χ1) is 1.41. The minimum atomic E-state index is 0. The van der Waals surface area contributed by atoms with E-state index in [0.29, 0.717) is 6.90 Å². The van der Waals surface area contributed by atoms with Gasteiger partial charge >= 0.3 is 0 Å². The van der Waals surface area contributed by atoms with Crippen molar-refractivity contribution in [3.8, 4) is 0 Å². The first-order valence-corrected chi connectivity index (χ1v) is 0.707. The normalized spacial score (nSPS) is 4.75. The molecule has 0 aromatic heterocycles. The Labute approximate surface area is 31.3 Å². The fourth-order valence-corrected chi connectivity index (χ4v) is 0. The fourth-order valence-electron chi connectivity index (χ4n) is 0. The molecule has 0 unspecified atom stereocenters.